The predicted molar refractivity (Wildman–Crippen MR) is 113 cm³/mol. The zero-order valence-corrected chi connectivity index (χ0v) is 16.5. The summed E-state index contributed by atoms with van der Waals surface area (Å²) in [5.41, 5.74) is 5.62. The molecule has 0 radical (unpaired) electrons. The van der Waals surface area contributed by atoms with Gasteiger partial charge in [-0.25, -0.2) is 0 Å². The van der Waals surface area contributed by atoms with Crippen molar-refractivity contribution in [2.24, 2.45) is 0 Å². The number of halogens is 1. The first kappa shape index (κ1) is 19.6. The van der Waals surface area contributed by atoms with Crippen LogP contribution in [0.2, 0.25) is 0 Å². The molecular weight excluding hydrogens is 360 g/mol. The van der Waals surface area contributed by atoms with Gasteiger partial charge in [-0.1, -0.05) is 18.2 Å². The van der Waals surface area contributed by atoms with E-state index in [-0.39, 0.29) is 12.4 Å². The number of ether oxygens (including phenoxy) is 2. The molecule has 0 aliphatic carbocycles. The number of aromatic amines is 1. The first-order valence-electron chi connectivity index (χ1n) is 9.44. The summed E-state index contributed by atoms with van der Waals surface area (Å²) >= 11 is 0. The summed E-state index contributed by atoms with van der Waals surface area (Å²) in [4.78, 5) is 3.64. The second-order valence-electron chi connectivity index (χ2n) is 6.80. The minimum absolute atomic E-state index is 0. The van der Waals surface area contributed by atoms with Gasteiger partial charge in [0.25, 0.3) is 0 Å². The molecule has 2 aromatic carbocycles. The van der Waals surface area contributed by atoms with E-state index in [1.54, 1.807) is 7.11 Å². The number of H-pyrrole nitrogens is 1. The maximum Gasteiger partial charge on any atom is 0.122 e. The zero-order chi connectivity index (χ0) is 17.8. The van der Waals surface area contributed by atoms with Gasteiger partial charge >= 0.3 is 0 Å². The van der Waals surface area contributed by atoms with E-state index >= 15 is 0 Å². The summed E-state index contributed by atoms with van der Waals surface area (Å²) < 4.78 is 11.1. The van der Waals surface area contributed by atoms with Crippen LogP contribution in [0.25, 0.3) is 10.9 Å². The van der Waals surface area contributed by atoms with Gasteiger partial charge in [0.2, 0.25) is 0 Å². The van der Waals surface area contributed by atoms with E-state index in [4.69, 9.17) is 9.47 Å². The number of rotatable bonds is 6. The van der Waals surface area contributed by atoms with Crippen LogP contribution in [0.4, 0.5) is 0 Å². The van der Waals surface area contributed by atoms with Crippen molar-refractivity contribution in [1.29, 1.82) is 0 Å². The molecule has 2 N–H and O–H groups in total. The van der Waals surface area contributed by atoms with E-state index in [2.05, 4.69) is 28.5 Å². The molecule has 27 heavy (non-hydrogen) atoms. The average molecular weight is 387 g/mol. The molecule has 144 valence electrons. The van der Waals surface area contributed by atoms with Crippen molar-refractivity contribution in [2.75, 3.05) is 26.8 Å². The van der Waals surface area contributed by atoms with Crippen molar-refractivity contribution in [3.05, 3.63) is 59.3 Å². The summed E-state index contributed by atoms with van der Waals surface area (Å²) in [6.45, 7) is 2.83. The molecule has 0 amide bonds. The van der Waals surface area contributed by atoms with Gasteiger partial charge in [0.1, 0.15) is 11.5 Å². The quantitative estimate of drug-likeness (QED) is 0.621. The molecular formula is C22H27ClN2O2. The van der Waals surface area contributed by atoms with E-state index in [0.29, 0.717) is 6.61 Å². The Balaban J connectivity index is 0.00000210. The lowest BCUT2D eigenvalue weighted by Crippen LogP contribution is -2.16. The number of nitrogens with one attached hydrogen (secondary N) is 2. The normalized spacial score (nSPS) is 13.5. The standard InChI is InChI=1S/C22H26N2O2.ClH/c1-25-17-7-3-8-18(15-17)26-14-4-6-16-5-2-9-21-22(16)19-10-12-23-13-11-20(19)24-21;/h2-3,5,7-9,15,23-24H,4,6,10-14H2,1H3;1H. The van der Waals surface area contributed by atoms with Gasteiger partial charge < -0.3 is 19.8 Å². The van der Waals surface area contributed by atoms with Gasteiger partial charge in [-0.3, -0.25) is 0 Å². The number of hydrogen-bond acceptors (Lipinski definition) is 3. The van der Waals surface area contributed by atoms with E-state index in [1.807, 2.05) is 24.3 Å². The molecule has 0 unspecified atom stereocenters. The molecule has 1 aromatic heterocycles. The maximum absolute atomic E-state index is 5.90. The Hall–Kier alpha value is -2.17. The molecule has 2 heterocycles. The molecule has 0 fully saturated rings. The van der Waals surface area contributed by atoms with Crippen LogP contribution in [0, 0.1) is 0 Å². The van der Waals surface area contributed by atoms with Gasteiger partial charge in [-0.05, 0) is 55.1 Å². The third-order valence-corrected chi connectivity index (χ3v) is 5.11. The molecule has 1 aliphatic heterocycles. The highest BCUT2D eigenvalue weighted by molar-refractivity contribution is 5.88. The Labute approximate surface area is 166 Å². The Morgan fingerprint density at radius 3 is 2.70 bits per heavy atom. The Morgan fingerprint density at radius 1 is 1.00 bits per heavy atom. The second-order valence-corrected chi connectivity index (χ2v) is 6.80. The van der Waals surface area contributed by atoms with Crippen LogP contribution >= 0.6 is 12.4 Å². The number of aromatic nitrogens is 1. The number of methoxy groups -OCH3 is 1. The fourth-order valence-corrected chi connectivity index (χ4v) is 3.84. The van der Waals surface area contributed by atoms with E-state index in [1.165, 1.54) is 27.7 Å². The lowest BCUT2D eigenvalue weighted by molar-refractivity contribution is 0.308. The molecule has 3 aromatic rings. The highest BCUT2D eigenvalue weighted by Crippen LogP contribution is 2.28. The fraction of sp³-hybridized carbons (Fsp3) is 0.364. The van der Waals surface area contributed by atoms with E-state index in [9.17, 15) is 0 Å². The van der Waals surface area contributed by atoms with Crippen molar-refractivity contribution in [3.8, 4) is 11.5 Å². The van der Waals surface area contributed by atoms with Gasteiger partial charge in [0, 0.05) is 35.6 Å². The summed E-state index contributed by atoms with van der Waals surface area (Å²) in [7, 11) is 1.68. The SMILES string of the molecule is COc1cccc(OCCCc2cccc3[nH]c4c(c23)CCNCC4)c1.Cl. The summed E-state index contributed by atoms with van der Waals surface area (Å²) in [5, 5.41) is 4.93. The second kappa shape index (κ2) is 9.16. The van der Waals surface area contributed by atoms with Crippen LogP contribution in [-0.4, -0.2) is 31.8 Å². The smallest absolute Gasteiger partial charge is 0.122 e. The topological polar surface area (TPSA) is 46.3 Å². The monoisotopic (exact) mass is 386 g/mol. The zero-order valence-electron chi connectivity index (χ0n) is 15.7. The first-order valence-corrected chi connectivity index (χ1v) is 9.44. The molecule has 1 aliphatic rings. The largest absolute Gasteiger partial charge is 0.497 e. The Bertz CT molecular complexity index is 891. The minimum Gasteiger partial charge on any atom is -0.497 e. The molecule has 0 saturated carbocycles. The Kier molecular flexibility index (Phi) is 6.64. The molecule has 5 heteroatoms. The molecule has 4 rings (SSSR count). The number of fused-ring (bicyclic) bond motifs is 3. The third kappa shape index (κ3) is 4.40. The van der Waals surface area contributed by atoms with Crippen LogP contribution in [0.5, 0.6) is 11.5 Å². The van der Waals surface area contributed by atoms with Gasteiger partial charge in [-0.15, -0.1) is 12.4 Å². The van der Waals surface area contributed by atoms with Crippen molar-refractivity contribution in [2.45, 2.75) is 25.7 Å². The number of hydrogen-bond donors (Lipinski definition) is 2. The van der Waals surface area contributed by atoms with Crippen LogP contribution < -0.4 is 14.8 Å². The molecule has 0 bridgehead atoms. The van der Waals surface area contributed by atoms with Crippen molar-refractivity contribution >= 4 is 23.3 Å². The van der Waals surface area contributed by atoms with Crippen molar-refractivity contribution in [3.63, 3.8) is 0 Å². The van der Waals surface area contributed by atoms with Crippen LogP contribution in [0.1, 0.15) is 23.2 Å². The summed E-state index contributed by atoms with van der Waals surface area (Å²) in [6.07, 6.45) is 4.21. The lowest BCUT2D eigenvalue weighted by Gasteiger charge is -2.09. The first-order chi connectivity index (χ1) is 12.8. The van der Waals surface area contributed by atoms with Crippen molar-refractivity contribution in [1.82, 2.24) is 10.3 Å². The fourth-order valence-electron chi connectivity index (χ4n) is 3.84. The number of benzene rings is 2. The maximum atomic E-state index is 5.90. The highest BCUT2D eigenvalue weighted by Gasteiger charge is 2.16. The molecule has 4 nitrogen and oxygen atoms in total. The average Bonchev–Trinajstić information content (AvgIpc) is 2.87. The Morgan fingerprint density at radius 2 is 1.81 bits per heavy atom. The molecule has 0 spiro atoms. The predicted octanol–water partition coefficient (Wildman–Crippen LogP) is 4.30. The lowest BCUT2D eigenvalue weighted by atomic mass is 9.99. The van der Waals surface area contributed by atoms with Gasteiger partial charge in [0.05, 0.1) is 13.7 Å². The molecule has 0 atom stereocenters. The molecule has 0 saturated heterocycles. The third-order valence-electron chi connectivity index (χ3n) is 5.11. The minimum atomic E-state index is 0. The van der Waals surface area contributed by atoms with Crippen LogP contribution in [0.15, 0.2) is 42.5 Å². The van der Waals surface area contributed by atoms with E-state index < -0.39 is 0 Å². The van der Waals surface area contributed by atoms with Crippen LogP contribution in [-0.2, 0) is 19.3 Å². The number of aryl methyl sites for hydroxylation is 1. The van der Waals surface area contributed by atoms with Gasteiger partial charge in [-0.2, -0.15) is 0 Å². The van der Waals surface area contributed by atoms with Gasteiger partial charge in [0.15, 0.2) is 0 Å². The summed E-state index contributed by atoms with van der Waals surface area (Å²) in [5.74, 6) is 1.69. The van der Waals surface area contributed by atoms with Crippen LogP contribution in [0.3, 0.4) is 0 Å². The van der Waals surface area contributed by atoms with Crippen molar-refractivity contribution < 1.29 is 9.47 Å². The highest BCUT2D eigenvalue weighted by atomic mass is 35.5. The van der Waals surface area contributed by atoms with E-state index in [0.717, 1.165) is 50.3 Å². The summed E-state index contributed by atoms with van der Waals surface area (Å²) in [6, 6.07) is 14.4.